The molecule has 14 rings (SSSR count). The van der Waals surface area contributed by atoms with Gasteiger partial charge in [-0.15, -0.1) is 0 Å². The van der Waals surface area contributed by atoms with E-state index in [9.17, 15) is 0 Å². The molecular formula is C72H53N5O. The lowest BCUT2D eigenvalue weighted by atomic mass is 9.82. The number of benzene rings is 9. The van der Waals surface area contributed by atoms with Gasteiger partial charge in [-0.3, -0.25) is 0 Å². The van der Waals surface area contributed by atoms with Gasteiger partial charge in [0.1, 0.15) is 11.2 Å². The number of fused-ring (bicyclic) bond motifs is 9. The fourth-order valence-electron chi connectivity index (χ4n) is 12.1. The topological polar surface area (TPSA) is 77.6 Å². The molecule has 78 heavy (non-hydrogen) atoms. The van der Waals surface area contributed by atoms with E-state index in [4.69, 9.17) is 29.3 Å². The van der Waals surface area contributed by atoms with E-state index in [0.29, 0.717) is 23.3 Å². The Balaban J connectivity index is 0.868. The van der Waals surface area contributed by atoms with Crippen LogP contribution >= 0.6 is 0 Å². The Hall–Kier alpha value is -9.65. The molecule has 372 valence electrons. The summed E-state index contributed by atoms with van der Waals surface area (Å²) >= 11 is 0. The Morgan fingerprint density at radius 1 is 0.385 bits per heavy atom. The van der Waals surface area contributed by atoms with Gasteiger partial charge in [-0.25, -0.2) is 24.9 Å². The van der Waals surface area contributed by atoms with Crippen molar-refractivity contribution in [2.24, 2.45) is 0 Å². The predicted molar refractivity (Wildman–Crippen MR) is 320 cm³/mol. The quantitative estimate of drug-likeness (QED) is 0.134. The first-order valence-electron chi connectivity index (χ1n) is 26.7. The summed E-state index contributed by atoms with van der Waals surface area (Å²) in [4.78, 5) is 26.4. The van der Waals surface area contributed by atoms with Crippen LogP contribution in [-0.4, -0.2) is 24.9 Å². The first kappa shape index (κ1) is 46.8. The SMILES string of the molecule is C=C/C=C\c1c(C)ccc2c1oc1cc(-c3cc(-c4cccc(-c5cccc(-c6nc(-c7ccc8c(c7)C(C)(C)c7ccccc7-8)nc(-c7ccc8c(c7)C(C)(C)c7ccccc7-8)n6)c5)c4)nc(-c4ccccc4)n3)ccc12. The summed E-state index contributed by atoms with van der Waals surface area (Å²) in [5, 5.41) is 2.12. The van der Waals surface area contributed by atoms with Gasteiger partial charge < -0.3 is 4.42 Å². The van der Waals surface area contributed by atoms with E-state index in [-0.39, 0.29) is 10.8 Å². The van der Waals surface area contributed by atoms with Crippen LogP contribution in [0.25, 0.3) is 129 Å². The molecule has 3 heterocycles. The average Bonchev–Trinajstić information content (AvgIpc) is 4.14. The Bertz CT molecular complexity index is 4360. The lowest BCUT2D eigenvalue weighted by Crippen LogP contribution is -2.15. The molecule has 0 unspecified atom stereocenters. The van der Waals surface area contributed by atoms with Crippen LogP contribution in [0.15, 0.2) is 223 Å². The standard InChI is InChI=1S/C72H53N5O/c1-7-8-24-52-43(2)29-33-58-57-36-30-48(41-65(57)78-66(52)58)64-42-63(73-67(74-64)44-18-10-9-11-19-44)47-22-16-20-45(37-47)46-21-17-23-49(38-46)68-75-69(50-31-34-55-53-25-12-14-27-59(53)71(3,4)61(55)39-50)77-70(76-68)51-32-35-56-54-26-13-15-28-60(54)72(5,6)62(56)40-51/h7-42H,1H2,2-6H3/b24-8-. The molecule has 9 aromatic carbocycles. The van der Waals surface area contributed by atoms with Crippen molar-refractivity contribution in [3.63, 3.8) is 0 Å². The molecule has 6 heteroatoms. The summed E-state index contributed by atoms with van der Waals surface area (Å²) in [5.41, 5.74) is 23.0. The normalized spacial score (nSPS) is 13.7. The second-order valence-electron chi connectivity index (χ2n) is 21.7. The zero-order chi connectivity index (χ0) is 52.9. The Labute approximate surface area is 454 Å². The van der Waals surface area contributed by atoms with Gasteiger partial charge in [-0.05, 0) is 111 Å². The number of aromatic nitrogens is 5. The fraction of sp³-hybridized carbons (Fsp3) is 0.0972. The van der Waals surface area contributed by atoms with Crippen LogP contribution in [0.3, 0.4) is 0 Å². The monoisotopic (exact) mass is 1000 g/mol. The zero-order valence-electron chi connectivity index (χ0n) is 44.1. The van der Waals surface area contributed by atoms with Gasteiger partial charge >= 0.3 is 0 Å². The third-order valence-electron chi connectivity index (χ3n) is 16.3. The van der Waals surface area contributed by atoms with Crippen LogP contribution in [0.5, 0.6) is 0 Å². The molecule has 0 N–H and O–H groups in total. The Morgan fingerprint density at radius 3 is 1.45 bits per heavy atom. The van der Waals surface area contributed by atoms with Crippen LogP contribution in [0.2, 0.25) is 0 Å². The molecule has 0 saturated carbocycles. The summed E-state index contributed by atoms with van der Waals surface area (Å²) in [7, 11) is 0. The lowest BCUT2D eigenvalue weighted by molar-refractivity contribution is 0.660. The summed E-state index contributed by atoms with van der Waals surface area (Å²) in [6, 6.07) is 70.9. The highest BCUT2D eigenvalue weighted by Crippen LogP contribution is 2.51. The third kappa shape index (κ3) is 7.66. The zero-order valence-corrected chi connectivity index (χ0v) is 44.1. The van der Waals surface area contributed by atoms with Crippen LogP contribution in [-0.2, 0) is 10.8 Å². The minimum absolute atomic E-state index is 0.183. The molecule has 0 amide bonds. The van der Waals surface area contributed by atoms with Gasteiger partial charge in [-0.2, -0.15) is 0 Å². The van der Waals surface area contributed by atoms with Crippen molar-refractivity contribution in [1.82, 2.24) is 24.9 Å². The maximum Gasteiger partial charge on any atom is 0.164 e. The summed E-state index contributed by atoms with van der Waals surface area (Å²) in [6.07, 6.45) is 5.80. The first-order valence-corrected chi connectivity index (χ1v) is 26.7. The molecule has 0 fully saturated rings. The minimum Gasteiger partial charge on any atom is -0.455 e. The fourth-order valence-corrected chi connectivity index (χ4v) is 12.1. The molecule has 0 aliphatic heterocycles. The molecule has 3 aromatic heterocycles. The largest absolute Gasteiger partial charge is 0.455 e. The minimum atomic E-state index is -0.183. The van der Waals surface area contributed by atoms with Gasteiger partial charge in [-0.1, -0.05) is 210 Å². The molecule has 12 aromatic rings. The predicted octanol–water partition coefficient (Wildman–Crippen LogP) is 18.4. The van der Waals surface area contributed by atoms with Crippen molar-refractivity contribution in [3.05, 3.63) is 252 Å². The number of rotatable bonds is 9. The maximum atomic E-state index is 6.65. The van der Waals surface area contributed by atoms with E-state index in [1.54, 1.807) is 6.08 Å². The first-order chi connectivity index (χ1) is 38.0. The van der Waals surface area contributed by atoms with Gasteiger partial charge in [0, 0.05) is 60.5 Å². The number of nitrogens with zero attached hydrogens (tertiary/aromatic N) is 5. The number of aryl methyl sites for hydroxylation is 1. The third-order valence-corrected chi connectivity index (χ3v) is 16.3. The average molecular weight is 1000 g/mol. The van der Waals surface area contributed by atoms with Crippen molar-refractivity contribution in [3.8, 4) is 101 Å². The van der Waals surface area contributed by atoms with E-state index in [2.05, 4.69) is 229 Å². The second-order valence-corrected chi connectivity index (χ2v) is 21.7. The van der Waals surface area contributed by atoms with Crippen LogP contribution < -0.4 is 0 Å². The number of hydrogen-bond donors (Lipinski definition) is 0. The summed E-state index contributed by atoms with van der Waals surface area (Å²) < 4.78 is 6.65. The highest BCUT2D eigenvalue weighted by atomic mass is 16.3. The Kier molecular flexibility index (Phi) is 10.8. The molecule has 0 bridgehead atoms. The van der Waals surface area contributed by atoms with Crippen molar-refractivity contribution < 1.29 is 4.42 Å². The molecule has 6 nitrogen and oxygen atoms in total. The molecule has 0 saturated heterocycles. The van der Waals surface area contributed by atoms with E-state index >= 15 is 0 Å². The molecule has 0 radical (unpaired) electrons. The smallest absolute Gasteiger partial charge is 0.164 e. The van der Waals surface area contributed by atoms with Gasteiger partial charge in [0.05, 0.1) is 11.4 Å². The number of hydrogen-bond acceptors (Lipinski definition) is 6. The maximum absolute atomic E-state index is 6.65. The van der Waals surface area contributed by atoms with Gasteiger partial charge in [0.15, 0.2) is 23.3 Å². The van der Waals surface area contributed by atoms with Crippen LogP contribution in [0.1, 0.15) is 61.1 Å². The molecule has 0 spiro atoms. The molecule has 2 aliphatic carbocycles. The highest BCUT2D eigenvalue weighted by Gasteiger charge is 2.37. The van der Waals surface area contributed by atoms with E-state index in [0.717, 1.165) is 89.0 Å². The van der Waals surface area contributed by atoms with Gasteiger partial charge in [0.2, 0.25) is 0 Å². The van der Waals surface area contributed by atoms with E-state index in [1.807, 2.05) is 24.3 Å². The number of furan rings is 1. The van der Waals surface area contributed by atoms with Gasteiger partial charge in [0.25, 0.3) is 0 Å². The van der Waals surface area contributed by atoms with E-state index in [1.165, 1.54) is 44.5 Å². The van der Waals surface area contributed by atoms with Crippen molar-refractivity contribution in [2.45, 2.75) is 45.4 Å². The molecule has 2 aliphatic rings. The number of allylic oxidation sites excluding steroid dienone is 2. The van der Waals surface area contributed by atoms with Crippen molar-refractivity contribution >= 4 is 28.0 Å². The summed E-state index contributed by atoms with van der Waals surface area (Å²) in [6.45, 7) is 15.2. The Morgan fingerprint density at radius 2 is 0.846 bits per heavy atom. The highest BCUT2D eigenvalue weighted by molar-refractivity contribution is 6.08. The second kappa shape index (κ2) is 18.0. The van der Waals surface area contributed by atoms with E-state index < -0.39 is 0 Å². The van der Waals surface area contributed by atoms with Crippen LogP contribution in [0.4, 0.5) is 0 Å². The van der Waals surface area contributed by atoms with Crippen LogP contribution in [0, 0.1) is 6.92 Å². The summed E-state index contributed by atoms with van der Waals surface area (Å²) in [5.74, 6) is 2.51. The molecular weight excluding hydrogens is 951 g/mol. The lowest BCUT2D eigenvalue weighted by Gasteiger charge is -2.22. The molecule has 0 atom stereocenters. The van der Waals surface area contributed by atoms with Crippen molar-refractivity contribution in [1.29, 1.82) is 0 Å². The van der Waals surface area contributed by atoms with Crippen molar-refractivity contribution in [2.75, 3.05) is 0 Å².